The maximum Gasteiger partial charge on any atom is 0.232 e. The molecular formula is C11H20N2O2. The summed E-state index contributed by atoms with van der Waals surface area (Å²) in [5.74, 6) is 1.82. The molecule has 0 amide bonds. The Bertz CT molecular complexity index is 295. The number of aliphatic hydroxyl groups excluding tert-OH is 1. The zero-order chi connectivity index (χ0) is 11.4. The second-order valence-corrected chi connectivity index (χ2v) is 4.51. The quantitative estimate of drug-likeness (QED) is 0.812. The Morgan fingerprint density at radius 1 is 1.27 bits per heavy atom. The molecule has 1 N–H and O–H groups in total. The van der Waals surface area contributed by atoms with Gasteiger partial charge in [-0.1, -0.05) is 25.9 Å². The van der Waals surface area contributed by atoms with Gasteiger partial charge in [-0.2, -0.15) is 4.98 Å². The fourth-order valence-electron chi connectivity index (χ4n) is 1.18. The Hall–Kier alpha value is -0.900. The summed E-state index contributed by atoms with van der Waals surface area (Å²) < 4.78 is 5.10. The molecule has 1 heterocycles. The smallest absolute Gasteiger partial charge is 0.232 e. The molecule has 0 aliphatic carbocycles. The Kier molecular flexibility index (Phi) is 4.27. The van der Waals surface area contributed by atoms with Crippen molar-refractivity contribution in [3.63, 3.8) is 0 Å². The van der Waals surface area contributed by atoms with Crippen molar-refractivity contribution in [2.75, 3.05) is 0 Å². The predicted octanol–water partition coefficient (Wildman–Crippen LogP) is 2.14. The van der Waals surface area contributed by atoms with E-state index in [1.165, 1.54) is 0 Å². The lowest BCUT2D eigenvalue weighted by Gasteiger charge is -2.08. The number of aromatic nitrogens is 2. The van der Waals surface area contributed by atoms with Gasteiger partial charge in [0.15, 0.2) is 5.82 Å². The number of hydrogen-bond donors (Lipinski definition) is 1. The van der Waals surface area contributed by atoms with E-state index in [0.29, 0.717) is 11.8 Å². The SMILES string of the molecule is CC(C)CCc1noc(C(C)C(C)O)n1. The zero-order valence-corrected chi connectivity index (χ0v) is 9.90. The third-order valence-electron chi connectivity index (χ3n) is 2.54. The number of aliphatic hydroxyl groups is 1. The lowest BCUT2D eigenvalue weighted by molar-refractivity contribution is 0.151. The third kappa shape index (κ3) is 3.63. The Balaban J connectivity index is 2.56. The van der Waals surface area contributed by atoms with Crippen LogP contribution in [0.25, 0.3) is 0 Å². The van der Waals surface area contributed by atoms with Crippen molar-refractivity contribution < 1.29 is 9.63 Å². The second-order valence-electron chi connectivity index (χ2n) is 4.51. The van der Waals surface area contributed by atoms with Crippen LogP contribution in [0.5, 0.6) is 0 Å². The molecular weight excluding hydrogens is 192 g/mol. The van der Waals surface area contributed by atoms with Crippen LogP contribution >= 0.6 is 0 Å². The van der Waals surface area contributed by atoms with Gasteiger partial charge in [0, 0.05) is 6.42 Å². The van der Waals surface area contributed by atoms with E-state index in [1.54, 1.807) is 6.92 Å². The van der Waals surface area contributed by atoms with Crippen LogP contribution < -0.4 is 0 Å². The number of rotatable bonds is 5. The first-order chi connectivity index (χ1) is 7.00. The van der Waals surface area contributed by atoms with Gasteiger partial charge in [0.05, 0.1) is 12.0 Å². The molecule has 1 aromatic heterocycles. The molecule has 2 atom stereocenters. The van der Waals surface area contributed by atoms with Crippen molar-refractivity contribution in [3.05, 3.63) is 11.7 Å². The Morgan fingerprint density at radius 2 is 1.93 bits per heavy atom. The minimum absolute atomic E-state index is 0.0923. The molecule has 0 spiro atoms. The maximum atomic E-state index is 9.37. The Labute approximate surface area is 90.7 Å². The van der Waals surface area contributed by atoms with Crippen LogP contribution in [0, 0.1) is 5.92 Å². The van der Waals surface area contributed by atoms with Gasteiger partial charge in [0.25, 0.3) is 0 Å². The van der Waals surface area contributed by atoms with Crippen molar-refractivity contribution in [1.29, 1.82) is 0 Å². The highest BCUT2D eigenvalue weighted by Crippen LogP contribution is 2.17. The molecule has 4 nitrogen and oxygen atoms in total. The van der Waals surface area contributed by atoms with Crippen molar-refractivity contribution in [2.45, 2.75) is 52.6 Å². The second kappa shape index (κ2) is 5.26. The molecule has 0 fully saturated rings. The van der Waals surface area contributed by atoms with Gasteiger partial charge in [-0.3, -0.25) is 0 Å². The summed E-state index contributed by atoms with van der Waals surface area (Å²) in [6.07, 6.45) is 1.44. The van der Waals surface area contributed by atoms with Crippen molar-refractivity contribution in [2.24, 2.45) is 5.92 Å². The van der Waals surface area contributed by atoms with Crippen LogP contribution in [-0.2, 0) is 6.42 Å². The van der Waals surface area contributed by atoms with E-state index in [9.17, 15) is 5.11 Å². The molecule has 0 saturated carbocycles. The molecule has 15 heavy (non-hydrogen) atoms. The minimum atomic E-state index is -0.455. The summed E-state index contributed by atoms with van der Waals surface area (Å²) in [5, 5.41) is 13.3. The van der Waals surface area contributed by atoms with Gasteiger partial charge in [-0.25, -0.2) is 0 Å². The summed E-state index contributed by atoms with van der Waals surface area (Å²) in [6, 6.07) is 0. The van der Waals surface area contributed by atoms with E-state index in [4.69, 9.17) is 4.52 Å². The average Bonchev–Trinajstić information content (AvgIpc) is 2.61. The molecule has 4 heteroatoms. The van der Waals surface area contributed by atoms with Gasteiger partial charge < -0.3 is 9.63 Å². The summed E-state index contributed by atoms with van der Waals surface area (Å²) in [4.78, 5) is 4.27. The highest BCUT2D eigenvalue weighted by molar-refractivity contribution is 4.94. The Morgan fingerprint density at radius 3 is 2.47 bits per heavy atom. The number of nitrogens with zero attached hydrogens (tertiary/aromatic N) is 2. The van der Waals surface area contributed by atoms with E-state index in [2.05, 4.69) is 24.0 Å². The number of aryl methyl sites for hydroxylation is 1. The van der Waals surface area contributed by atoms with E-state index in [1.807, 2.05) is 6.92 Å². The van der Waals surface area contributed by atoms with Gasteiger partial charge >= 0.3 is 0 Å². The first-order valence-corrected chi connectivity index (χ1v) is 5.51. The fourth-order valence-corrected chi connectivity index (χ4v) is 1.18. The molecule has 0 aliphatic heterocycles. The van der Waals surface area contributed by atoms with Crippen LogP contribution in [0.3, 0.4) is 0 Å². The maximum absolute atomic E-state index is 9.37. The highest BCUT2D eigenvalue weighted by atomic mass is 16.5. The fraction of sp³-hybridized carbons (Fsp3) is 0.818. The van der Waals surface area contributed by atoms with Crippen molar-refractivity contribution in [1.82, 2.24) is 10.1 Å². The van der Waals surface area contributed by atoms with Crippen LogP contribution in [0.15, 0.2) is 4.52 Å². The van der Waals surface area contributed by atoms with Crippen LogP contribution in [0.4, 0.5) is 0 Å². The van der Waals surface area contributed by atoms with Gasteiger partial charge in [-0.15, -0.1) is 0 Å². The first-order valence-electron chi connectivity index (χ1n) is 5.51. The molecule has 0 bridgehead atoms. The van der Waals surface area contributed by atoms with Gasteiger partial charge in [0.2, 0.25) is 5.89 Å². The summed E-state index contributed by atoms with van der Waals surface area (Å²) in [5.41, 5.74) is 0. The van der Waals surface area contributed by atoms with Crippen LogP contribution in [-0.4, -0.2) is 21.4 Å². The van der Waals surface area contributed by atoms with Crippen LogP contribution in [0.1, 0.15) is 51.7 Å². The van der Waals surface area contributed by atoms with Gasteiger partial charge in [0.1, 0.15) is 0 Å². The van der Waals surface area contributed by atoms with E-state index in [-0.39, 0.29) is 5.92 Å². The van der Waals surface area contributed by atoms with Crippen molar-refractivity contribution >= 4 is 0 Å². The topological polar surface area (TPSA) is 59.2 Å². The zero-order valence-electron chi connectivity index (χ0n) is 9.90. The molecule has 0 aromatic carbocycles. The number of hydrogen-bond acceptors (Lipinski definition) is 4. The normalized spacial score (nSPS) is 15.6. The van der Waals surface area contributed by atoms with E-state index >= 15 is 0 Å². The lowest BCUT2D eigenvalue weighted by atomic mass is 10.1. The van der Waals surface area contributed by atoms with Crippen molar-refractivity contribution in [3.8, 4) is 0 Å². The summed E-state index contributed by atoms with van der Waals surface area (Å²) >= 11 is 0. The molecule has 86 valence electrons. The average molecular weight is 212 g/mol. The summed E-state index contributed by atoms with van der Waals surface area (Å²) in [7, 11) is 0. The molecule has 2 unspecified atom stereocenters. The monoisotopic (exact) mass is 212 g/mol. The largest absolute Gasteiger partial charge is 0.393 e. The standard InChI is InChI=1S/C11H20N2O2/c1-7(2)5-6-10-12-11(15-13-10)8(3)9(4)14/h7-9,14H,5-6H2,1-4H3. The molecule has 0 aliphatic rings. The minimum Gasteiger partial charge on any atom is -0.393 e. The molecule has 0 radical (unpaired) electrons. The van der Waals surface area contributed by atoms with Gasteiger partial charge in [-0.05, 0) is 19.3 Å². The van der Waals surface area contributed by atoms with E-state index in [0.717, 1.165) is 18.7 Å². The predicted molar refractivity (Wildman–Crippen MR) is 57.6 cm³/mol. The third-order valence-corrected chi connectivity index (χ3v) is 2.54. The molecule has 0 saturated heterocycles. The highest BCUT2D eigenvalue weighted by Gasteiger charge is 2.18. The summed E-state index contributed by atoms with van der Waals surface area (Å²) in [6.45, 7) is 7.94. The molecule has 1 aromatic rings. The lowest BCUT2D eigenvalue weighted by Crippen LogP contribution is -2.11. The first kappa shape index (κ1) is 12.2. The van der Waals surface area contributed by atoms with E-state index < -0.39 is 6.10 Å². The molecule has 1 rings (SSSR count). The van der Waals surface area contributed by atoms with Crippen LogP contribution in [0.2, 0.25) is 0 Å².